The fraction of sp³-hybridized carbons (Fsp3) is 0.250. The average molecular weight is 267 g/mol. The van der Waals surface area contributed by atoms with Crippen LogP contribution >= 0.6 is 0 Å². The Morgan fingerprint density at radius 1 is 1.44 bits per heavy atom. The van der Waals surface area contributed by atoms with E-state index in [0.29, 0.717) is 0 Å². The molecule has 18 heavy (non-hydrogen) atoms. The lowest BCUT2D eigenvalue weighted by Gasteiger charge is -2.19. The maximum absolute atomic E-state index is 12.0. The highest BCUT2D eigenvalue weighted by Crippen LogP contribution is 2.14. The smallest absolute Gasteiger partial charge is 0.335 e. The third-order valence-electron chi connectivity index (χ3n) is 2.14. The van der Waals surface area contributed by atoms with Crippen LogP contribution in [0.15, 0.2) is 29.2 Å². The number of sulfonamides is 1. The van der Waals surface area contributed by atoms with Gasteiger partial charge in [-0.3, -0.25) is 0 Å². The minimum atomic E-state index is -3.84. The van der Waals surface area contributed by atoms with Crippen LogP contribution in [0.5, 0.6) is 0 Å². The summed E-state index contributed by atoms with van der Waals surface area (Å²) >= 11 is 0. The second-order valence-corrected chi connectivity index (χ2v) is 5.89. The number of carboxylic acid groups (broad SMARTS) is 1. The minimum absolute atomic E-state index is 0.101. The highest BCUT2D eigenvalue weighted by atomic mass is 32.2. The number of aromatic carboxylic acids is 1. The Hall–Kier alpha value is -1.84. The lowest BCUT2D eigenvalue weighted by Crippen LogP contribution is -2.41. The molecule has 1 aromatic carbocycles. The van der Waals surface area contributed by atoms with Crippen LogP contribution < -0.4 is 4.72 Å². The second kappa shape index (κ2) is 4.80. The topological polar surface area (TPSA) is 83.5 Å². The second-order valence-electron chi connectivity index (χ2n) is 4.21. The summed E-state index contributed by atoms with van der Waals surface area (Å²) in [6.07, 6.45) is 5.20. The minimum Gasteiger partial charge on any atom is -0.478 e. The van der Waals surface area contributed by atoms with Gasteiger partial charge < -0.3 is 5.11 Å². The van der Waals surface area contributed by atoms with Crippen LogP contribution in [-0.4, -0.2) is 25.0 Å². The van der Waals surface area contributed by atoms with Crippen molar-refractivity contribution in [1.82, 2.24) is 4.72 Å². The summed E-state index contributed by atoms with van der Waals surface area (Å²) in [6.45, 7) is 3.07. The van der Waals surface area contributed by atoms with Gasteiger partial charge in [0.15, 0.2) is 0 Å². The van der Waals surface area contributed by atoms with E-state index in [2.05, 4.69) is 10.6 Å². The molecule has 2 N–H and O–H groups in total. The fourth-order valence-electron chi connectivity index (χ4n) is 1.22. The number of hydrogen-bond acceptors (Lipinski definition) is 3. The van der Waals surface area contributed by atoms with Crippen LogP contribution in [0.1, 0.15) is 24.2 Å². The number of nitrogens with one attached hydrogen (secondary N) is 1. The van der Waals surface area contributed by atoms with Crippen molar-refractivity contribution < 1.29 is 18.3 Å². The Balaban J connectivity index is 3.18. The molecule has 0 saturated heterocycles. The number of carboxylic acids is 1. The molecule has 1 rings (SSSR count). The zero-order valence-electron chi connectivity index (χ0n) is 9.97. The molecular weight excluding hydrogens is 254 g/mol. The van der Waals surface area contributed by atoms with E-state index in [0.717, 1.165) is 6.07 Å². The standard InChI is InChI=1S/C12H13NO4S/c1-4-12(2,3)13-18(16,17)10-7-5-6-9(8-10)11(14)15/h1,5-8,13H,2-3H3,(H,14,15). The van der Waals surface area contributed by atoms with Crippen molar-refractivity contribution in [3.63, 3.8) is 0 Å². The van der Waals surface area contributed by atoms with E-state index in [4.69, 9.17) is 11.5 Å². The number of carbonyl (C=O) groups is 1. The van der Waals surface area contributed by atoms with Gasteiger partial charge in [-0.05, 0) is 32.0 Å². The summed E-state index contributed by atoms with van der Waals surface area (Å²) < 4.78 is 26.3. The molecule has 0 spiro atoms. The lowest BCUT2D eigenvalue weighted by atomic mass is 10.1. The zero-order valence-corrected chi connectivity index (χ0v) is 10.8. The lowest BCUT2D eigenvalue weighted by molar-refractivity contribution is 0.0696. The van der Waals surface area contributed by atoms with Crippen molar-refractivity contribution in [1.29, 1.82) is 0 Å². The number of rotatable bonds is 4. The van der Waals surface area contributed by atoms with Crippen molar-refractivity contribution in [3.05, 3.63) is 29.8 Å². The van der Waals surface area contributed by atoms with Gasteiger partial charge in [-0.2, -0.15) is 4.72 Å². The van der Waals surface area contributed by atoms with Gasteiger partial charge in [-0.15, -0.1) is 6.42 Å². The number of terminal acetylenes is 1. The molecule has 0 aromatic heterocycles. The summed E-state index contributed by atoms with van der Waals surface area (Å²) in [6, 6.07) is 5.06. The van der Waals surface area contributed by atoms with Gasteiger partial charge >= 0.3 is 5.97 Å². The summed E-state index contributed by atoms with van der Waals surface area (Å²) in [5.74, 6) is 1.11. The van der Waals surface area contributed by atoms with E-state index in [1.165, 1.54) is 32.0 Å². The summed E-state index contributed by atoms with van der Waals surface area (Å²) in [5, 5.41) is 8.81. The molecule has 0 atom stereocenters. The SMILES string of the molecule is C#CC(C)(C)NS(=O)(=O)c1cccc(C(=O)O)c1. The molecule has 0 fully saturated rings. The van der Waals surface area contributed by atoms with Crippen LogP contribution in [0.2, 0.25) is 0 Å². The first kappa shape index (κ1) is 14.2. The fourth-order valence-corrected chi connectivity index (χ4v) is 2.61. The molecule has 0 bridgehead atoms. The molecule has 0 aliphatic heterocycles. The van der Waals surface area contributed by atoms with E-state index in [1.807, 2.05) is 0 Å². The molecule has 0 saturated carbocycles. The maximum Gasteiger partial charge on any atom is 0.335 e. The van der Waals surface area contributed by atoms with E-state index in [-0.39, 0.29) is 10.5 Å². The molecule has 0 aliphatic carbocycles. The van der Waals surface area contributed by atoms with E-state index >= 15 is 0 Å². The maximum atomic E-state index is 12.0. The summed E-state index contributed by atoms with van der Waals surface area (Å²) in [5.41, 5.74) is -1.14. The molecule has 0 heterocycles. The van der Waals surface area contributed by atoms with Gasteiger partial charge in [-0.1, -0.05) is 12.0 Å². The number of hydrogen-bond donors (Lipinski definition) is 2. The van der Waals surface area contributed by atoms with E-state index in [9.17, 15) is 13.2 Å². The van der Waals surface area contributed by atoms with Crippen molar-refractivity contribution in [3.8, 4) is 12.3 Å². The third-order valence-corrected chi connectivity index (χ3v) is 3.80. The Kier molecular flexibility index (Phi) is 3.79. The molecule has 6 heteroatoms. The quantitative estimate of drug-likeness (QED) is 0.799. The highest BCUT2D eigenvalue weighted by molar-refractivity contribution is 7.89. The van der Waals surface area contributed by atoms with Gasteiger partial charge in [0.05, 0.1) is 16.0 Å². The molecule has 0 amide bonds. The highest BCUT2D eigenvalue weighted by Gasteiger charge is 2.24. The normalized spacial score (nSPS) is 11.8. The van der Waals surface area contributed by atoms with Crippen LogP contribution in [0.4, 0.5) is 0 Å². The van der Waals surface area contributed by atoms with Crippen LogP contribution in [0.3, 0.4) is 0 Å². The van der Waals surface area contributed by atoms with Crippen molar-refractivity contribution >= 4 is 16.0 Å². The van der Waals surface area contributed by atoms with Crippen LogP contribution in [-0.2, 0) is 10.0 Å². The van der Waals surface area contributed by atoms with E-state index in [1.54, 1.807) is 0 Å². The van der Waals surface area contributed by atoms with Crippen molar-refractivity contribution in [2.45, 2.75) is 24.3 Å². The Bertz CT molecular complexity index is 611. The van der Waals surface area contributed by atoms with Crippen molar-refractivity contribution in [2.75, 3.05) is 0 Å². The average Bonchev–Trinajstić information content (AvgIpc) is 2.28. The van der Waals surface area contributed by atoms with Gasteiger partial charge in [0, 0.05) is 0 Å². The van der Waals surface area contributed by atoms with E-state index < -0.39 is 21.5 Å². The molecule has 96 valence electrons. The molecule has 1 aromatic rings. The van der Waals surface area contributed by atoms with Gasteiger partial charge in [0.25, 0.3) is 0 Å². The van der Waals surface area contributed by atoms with Crippen LogP contribution in [0.25, 0.3) is 0 Å². The Labute approximate surface area is 106 Å². The Morgan fingerprint density at radius 3 is 2.56 bits per heavy atom. The molecule has 5 nitrogen and oxygen atoms in total. The third kappa shape index (κ3) is 3.32. The summed E-state index contributed by atoms with van der Waals surface area (Å²) in [7, 11) is -3.84. The monoisotopic (exact) mass is 267 g/mol. The molecular formula is C12H13NO4S. The van der Waals surface area contributed by atoms with Crippen molar-refractivity contribution in [2.24, 2.45) is 0 Å². The first-order valence-corrected chi connectivity index (χ1v) is 6.51. The van der Waals surface area contributed by atoms with Gasteiger partial charge in [0.1, 0.15) is 0 Å². The first-order chi connectivity index (χ1) is 8.18. The predicted octanol–water partition coefficient (Wildman–Crippen LogP) is 1.07. The molecule has 0 radical (unpaired) electrons. The predicted molar refractivity (Wildman–Crippen MR) is 66.6 cm³/mol. The summed E-state index contributed by atoms with van der Waals surface area (Å²) in [4.78, 5) is 10.6. The Morgan fingerprint density at radius 2 is 2.06 bits per heavy atom. The largest absolute Gasteiger partial charge is 0.478 e. The first-order valence-electron chi connectivity index (χ1n) is 5.03. The molecule has 0 aliphatic rings. The van der Waals surface area contributed by atoms with Gasteiger partial charge in [-0.25, -0.2) is 13.2 Å². The van der Waals surface area contributed by atoms with Gasteiger partial charge in [0.2, 0.25) is 10.0 Å². The van der Waals surface area contributed by atoms with Crippen LogP contribution in [0, 0.1) is 12.3 Å². The zero-order chi connectivity index (χ0) is 14.0. The number of benzene rings is 1. The molecule has 0 unspecified atom stereocenters.